The van der Waals surface area contributed by atoms with Gasteiger partial charge in [-0.3, -0.25) is 4.79 Å². The lowest BCUT2D eigenvalue weighted by molar-refractivity contribution is -0.110. The van der Waals surface area contributed by atoms with Crippen LogP contribution in [0.15, 0.2) is 22.7 Å². The minimum absolute atomic E-state index is 0.139. The summed E-state index contributed by atoms with van der Waals surface area (Å²) in [5.74, 6) is 0.151. The van der Waals surface area contributed by atoms with Gasteiger partial charge in [0.25, 0.3) is 5.91 Å². The fraction of sp³-hybridized carbons (Fsp3) is 0.235. The van der Waals surface area contributed by atoms with Crippen molar-refractivity contribution in [3.05, 3.63) is 45.2 Å². The van der Waals surface area contributed by atoms with Crippen LogP contribution in [-0.4, -0.2) is 16.0 Å². The molecule has 0 unspecified atom stereocenters. The van der Waals surface area contributed by atoms with E-state index in [0.29, 0.717) is 17.0 Å². The van der Waals surface area contributed by atoms with Crippen LogP contribution < -0.4 is 5.32 Å². The zero-order chi connectivity index (χ0) is 15.3. The van der Waals surface area contributed by atoms with E-state index in [1.54, 1.807) is 6.08 Å². The highest BCUT2D eigenvalue weighted by Crippen LogP contribution is 2.38. The largest absolute Gasteiger partial charge is 0.505 e. The second-order valence-corrected chi connectivity index (χ2v) is 6.67. The lowest BCUT2D eigenvalue weighted by Gasteiger charge is -2.09. The number of rotatable bonds is 1. The lowest BCUT2D eigenvalue weighted by Crippen LogP contribution is -2.03. The van der Waals surface area contributed by atoms with Gasteiger partial charge in [-0.05, 0) is 50.0 Å². The minimum Gasteiger partial charge on any atom is -0.505 e. The molecule has 1 aliphatic carbocycles. The Balaban J connectivity index is 1.83. The Hall–Kier alpha value is -2.01. The summed E-state index contributed by atoms with van der Waals surface area (Å²) >= 11 is 3.44. The van der Waals surface area contributed by atoms with Gasteiger partial charge < -0.3 is 15.4 Å². The SMILES string of the molecule is O=C1Nc2ccc(Br)cc2C1=Cc1[nH]c2c(c1O)CCCC2. The van der Waals surface area contributed by atoms with Crippen LogP contribution in [0.25, 0.3) is 11.6 Å². The van der Waals surface area contributed by atoms with Crippen LogP contribution in [0, 0.1) is 0 Å². The molecule has 0 bridgehead atoms. The third kappa shape index (κ3) is 2.08. The molecule has 3 N–H and O–H groups in total. The minimum atomic E-state index is -0.139. The van der Waals surface area contributed by atoms with Crippen LogP contribution >= 0.6 is 15.9 Å². The predicted molar refractivity (Wildman–Crippen MR) is 89.7 cm³/mol. The first-order valence-electron chi connectivity index (χ1n) is 7.39. The van der Waals surface area contributed by atoms with E-state index in [0.717, 1.165) is 52.7 Å². The Kier molecular flexibility index (Phi) is 3.11. The zero-order valence-electron chi connectivity index (χ0n) is 11.9. The molecule has 2 aromatic rings. The first-order valence-corrected chi connectivity index (χ1v) is 8.18. The fourth-order valence-corrected chi connectivity index (χ4v) is 3.60. The number of hydrogen-bond donors (Lipinski definition) is 3. The highest BCUT2D eigenvalue weighted by Gasteiger charge is 2.26. The number of aromatic hydroxyl groups is 1. The molecular formula is C17H15BrN2O2. The molecule has 0 saturated carbocycles. The topological polar surface area (TPSA) is 65.1 Å². The molecule has 2 aliphatic rings. The van der Waals surface area contributed by atoms with Gasteiger partial charge in [-0.15, -0.1) is 0 Å². The third-order valence-electron chi connectivity index (χ3n) is 4.35. The molecule has 4 rings (SSSR count). The Labute approximate surface area is 136 Å². The molecule has 0 saturated heterocycles. The number of halogens is 1. The van der Waals surface area contributed by atoms with Crippen molar-refractivity contribution >= 4 is 39.2 Å². The number of carbonyl (C=O) groups excluding carboxylic acids is 1. The molecule has 0 spiro atoms. The van der Waals surface area contributed by atoms with E-state index in [1.807, 2.05) is 18.2 Å². The average molecular weight is 359 g/mol. The molecule has 0 radical (unpaired) electrons. The quantitative estimate of drug-likeness (QED) is 0.677. The monoisotopic (exact) mass is 358 g/mol. The molecule has 1 aromatic heterocycles. The Bertz CT molecular complexity index is 820. The summed E-state index contributed by atoms with van der Waals surface area (Å²) in [5, 5.41) is 13.3. The summed E-state index contributed by atoms with van der Waals surface area (Å²) in [5.41, 5.74) is 4.96. The van der Waals surface area contributed by atoms with Gasteiger partial charge >= 0.3 is 0 Å². The van der Waals surface area contributed by atoms with Gasteiger partial charge in [0.15, 0.2) is 0 Å². The van der Waals surface area contributed by atoms with Crippen LogP contribution in [-0.2, 0) is 17.6 Å². The van der Waals surface area contributed by atoms with Gasteiger partial charge in [0, 0.05) is 27.0 Å². The van der Waals surface area contributed by atoms with E-state index in [1.165, 1.54) is 0 Å². The van der Waals surface area contributed by atoms with Crippen molar-refractivity contribution in [2.24, 2.45) is 0 Å². The van der Waals surface area contributed by atoms with Gasteiger partial charge in [0.1, 0.15) is 5.75 Å². The Morgan fingerprint density at radius 1 is 1.23 bits per heavy atom. The molecule has 2 heterocycles. The number of amides is 1. The average Bonchev–Trinajstić information content (AvgIpc) is 2.99. The van der Waals surface area contributed by atoms with Gasteiger partial charge in [0.05, 0.1) is 11.3 Å². The van der Waals surface area contributed by atoms with E-state index in [4.69, 9.17) is 0 Å². The number of aromatic nitrogens is 1. The molecule has 1 amide bonds. The predicted octanol–water partition coefficient (Wildman–Crippen LogP) is 3.85. The van der Waals surface area contributed by atoms with E-state index in [-0.39, 0.29) is 5.91 Å². The molecule has 22 heavy (non-hydrogen) atoms. The number of hydrogen-bond acceptors (Lipinski definition) is 2. The first-order chi connectivity index (χ1) is 10.6. The highest BCUT2D eigenvalue weighted by molar-refractivity contribution is 9.10. The zero-order valence-corrected chi connectivity index (χ0v) is 13.5. The number of carbonyl (C=O) groups is 1. The molecule has 1 aliphatic heterocycles. The van der Waals surface area contributed by atoms with Crippen molar-refractivity contribution in [1.82, 2.24) is 4.98 Å². The summed E-state index contributed by atoms with van der Waals surface area (Å²) in [6.07, 6.45) is 5.85. The molecular weight excluding hydrogens is 344 g/mol. The van der Waals surface area contributed by atoms with Crippen LogP contribution in [0.1, 0.15) is 35.4 Å². The van der Waals surface area contributed by atoms with Gasteiger partial charge in [-0.2, -0.15) is 0 Å². The van der Waals surface area contributed by atoms with Crippen molar-refractivity contribution in [2.75, 3.05) is 5.32 Å². The number of anilines is 1. The smallest absolute Gasteiger partial charge is 0.256 e. The molecule has 1 aromatic carbocycles. The summed E-state index contributed by atoms with van der Waals surface area (Å²) in [6, 6.07) is 5.68. The number of fused-ring (bicyclic) bond motifs is 2. The fourth-order valence-electron chi connectivity index (χ4n) is 3.24. The van der Waals surface area contributed by atoms with Gasteiger partial charge in [-0.25, -0.2) is 0 Å². The first kappa shape index (κ1) is 13.6. The summed E-state index contributed by atoms with van der Waals surface area (Å²) < 4.78 is 0.920. The number of aromatic amines is 1. The van der Waals surface area contributed by atoms with Crippen molar-refractivity contribution in [2.45, 2.75) is 25.7 Å². The second kappa shape index (κ2) is 5.02. The van der Waals surface area contributed by atoms with Crippen LogP contribution in [0.2, 0.25) is 0 Å². The maximum absolute atomic E-state index is 12.2. The summed E-state index contributed by atoms with van der Waals surface area (Å²) in [4.78, 5) is 15.5. The van der Waals surface area contributed by atoms with Gasteiger partial charge in [-0.1, -0.05) is 15.9 Å². The van der Waals surface area contributed by atoms with Gasteiger partial charge in [0.2, 0.25) is 0 Å². The molecule has 112 valence electrons. The molecule has 5 heteroatoms. The molecule has 0 fully saturated rings. The molecule has 0 atom stereocenters. The highest BCUT2D eigenvalue weighted by atomic mass is 79.9. The lowest BCUT2D eigenvalue weighted by atomic mass is 9.97. The van der Waals surface area contributed by atoms with E-state index in [2.05, 4.69) is 26.2 Å². The summed E-state index contributed by atoms with van der Waals surface area (Å²) in [7, 11) is 0. The van der Waals surface area contributed by atoms with Crippen LogP contribution in [0.3, 0.4) is 0 Å². The second-order valence-electron chi connectivity index (χ2n) is 5.75. The van der Waals surface area contributed by atoms with Crippen LogP contribution in [0.4, 0.5) is 5.69 Å². The van der Waals surface area contributed by atoms with E-state index < -0.39 is 0 Å². The van der Waals surface area contributed by atoms with Crippen molar-refractivity contribution in [3.63, 3.8) is 0 Å². The number of nitrogens with one attached hydrogen (secondary N) is 2. The number of H-pyrrole nitrogens is 1. The number of benzene rings is 1. The standard InChI is InChI=1S/C17H15BrN2O2/c18-9-5-6-14-11(7-9)12(17(22)20-14)8-15-16(21)10-3-1-2-4-13(10)19-15/h5-8,19,21H,1-4H2,(H,20,22). The van der Waals surface area contributed by atoms with Crippen molar-refractivity contribution in [3.8, 4) is 5.75 Å². The maximum Gasteiger partial charge on any atom is 0.256 e. The summed E-state index contributed by atoms with van der Waals surface area (Å²) in [6.45, 7) is 0. The Morgan fingerprint density at radius 2 is 2.05 bits per heavy atom. The van der Waals surface area contributed by atoms with Crippen molar-refractivity contribution < 1.29 is 9.90 Å². The number of aryl methyl sites for hydroxylation is 1. The molecule has 4 nitrogen and oxygen atoms in total. The van der Waals surface area contributed by atoms with E-state index in [9.17, 15) is 9.90 Å². The third-order valence-corrected chi connectivity index (χ3v) is 4.84. The van der Waals surface area contributed by atoms with Crippen molar-refractivity contribution in [1.29, 1.82) is 0 Å². The Morgan fingerprint density at radius 3 is 2.86 bits per heavy atom. The normalized spacial score (nSPS) is 18.2. The maximum atomic E-state index is 12.2. The van der Waals surface area contributed by atoms with Crippen LogP contribution in [0.5, 0.6) is 5.75 Å². The van der Waals surface area contributed by atoms with E-state index >= 15 is 0 Å².